The van der Waals surface area contributed by atoms with E-state index in [-0.39, 0.29) is 5.69 Å². The Morgan fingerprint density at radius 1 is 1.42 bits per heavy atom. The number of halogens is 2. The molecule has 0 amide bonds. The monoisotopic (exact) mass is 271 g/mol. The van der Waals surface area contributed by atoms with Crippen LogP contribution in [0.25, 0.3) is 0 Å². The van der Waals surface area contributed by atoms with E-state index in [4.69, 9.17) is 4.74 Å². The molecule has 1 atom stereocenters. The van der Waals surface area contributed by atoms with Crippen LogP contribution in [-0.4, -0.2) is 31.8 Å². The topological polar surface area (TPSA) is 47.6 Å². The number of hydrogen-bond acceptors (Lipinski definition) is 4. The molecule has 1 aliphatic rings. The van der Waals surface area contributed by atoms with Crippen LogP contribution < -0.4 is 5.32 Å². The maximum Gasteiger partial charge on any atom is 0.340 e. The molecule has 0 saturated carbocycles. The van der Waals surface area contributed by atoms with Gasteiger partial charge in [0, 0.05) is 6.61 Å². The molecule has 0 aliphatic carbocycles. The molecular weight excluding hydrogens is 256 g/mol. The fraction of sp³-hybridized carbons (Fsp3) is 0.462. The highest BCUT2D eigenvalue weighted by atomic mass is 19.2. The van der Waals surface area contributed by atoms with Crippen LogP contribution >= 0.6 is 0 Å². The molecule has 4 nitrogen and oxygen atoms in total. The van der Waals surface area contributed by atoms with E-state index in [0.717, 1.165) is 7.11 Å². The summed E-state index contributed by atoms with van der Waals surface area (Å²) in [5.41, 5.74) is -0.836. The lowest BCUT2D eigenvalue weighted by molar-refractivity contribution is 0.0594. The zero-order valence-corrected chi connectivity index (χ0v) is 10.8. The molecule has 1 aromatic rings. The Labute approximate surface area is 109 Å². The van der Waals surface area contributed by atoms with E-state index in [9.17, 15) is 13.6 Å². The minimum atomic E-state index is -1.21. The molecule has 2 rings (SSSR count). The predicted molar refractivity (Wildman–Crippen MR) is 65.2 cm³/mol. The first-order chi connectivity index (χ1) is 8.97. The molecule has 19 heavy (non-hydrogen) atoms. The molecule has 1 aromatic carbocycles. The number of hydrogen-bond donors (Lipinski definition) is 1. The van der Waals surface area contributed by atoms with Crippen molar-refractivity contribution in [2.24, 2.45) is 0 Å². The molecule has 0 bridgehead atoms. The fourth-order valence-corrected chi connectivity index (χ4v) is 2.00. The average Bonchev–Trinajstić information content (AvgIpc) is 2.81. The molecule has 0 aromatic heterocycles. The quantitative estimate of drug-likeness (QED) is 0.857. The number of anilines is 1. The molecule has 1 heterocycles. The molecule has 1 unspecified atom stereocenters. The number of benzene rings is 1. The lowest BCUT2D eigenvalue weighted by Gasteiger charge is -2.25. The Bertz CT molecular complexity index is 499. The smallest absolute Gasteiger partial charge is 0.340 e. The first kappa shape index (κ1) is 13.7. The van der Waals surface area contributed by atoms with E-state index in [1.807, 2.05) is 6.92 Å². The summed E-state index contributed by atoms with van der Waals surface area (Å²) < 4.78 is 37.3. The maximum absolute atomic E-state index is 13.9. The highest BCUT2D eigenvalue weighted by Gasteiger charge is 2.31. The first-order valence-electron chi connectivity index (χ1n) is 5.89. The van der Waals surface area contributed by atoms with Crippen molar-refractivity contribution in [3.63, 3.8) is 0 Å². The number of carbonyl (C=O) groups excluding carboxylic acids is 1. The molecule has 1 saturated heterocycles. The van der Waals surface area contributed by atoms with Crippen molar-refractivity contribution in [2.75, 3.05) is 25.6 Å². The summed E-state index contributed by atoms with van der Waals surface area (Å²) in [5, 5.41) is 2.92. The van der Waals surface area contributed by atoms with E-state index in [1.165, 1.54) is 12.1 Å². The van der Waals surface area contributed by atoms with Crippen LogP contribution in [0, 0.1) is 11.6 Å². The second kappa shape index (κ2) is 5.13. The van der Waals surface area contributed by atoms with Gasteiger partial charge in [0.25, 0.3) is 0 Å². The van der Waals surface area contributed by atoms with Crippen molar-refractivity contribution in [3.8, 4) is 0 Å². The lowest BCUT2D eigenvalue weighted by atomic mass is 10.0. The van der Waals surface area contributed by atoms with Crippen LogP contribution in [0.5, 0.6) is 0 Å². The van der Waals surface area contributed by atoms with Crippen molar-refractivity contribution < 1.29 is 23.0 Å². The van der Waals surface area contributed by atoms with Gasteiger partial charge in [0.1, 0.15) is 0 Å². The highest BCUT2D eigenvalue weighted by molar-refractivity contribution is 5.90. The summed E-state index contributed by atoms with van der Waals surface area (Å²) in [4.78, 5) is 11.2. The molecule has 104 valence electrons. The number of rotatable bonds is 3. The third kappa shape index (κ3) is 2.68. The van der Waals surface area contributed by atoms with E-state index in [1.54, 1.807) is 0 Å². The van der Waals surface area contributed by atoms with Crippen LogP contribution in [-0.2, 0) is 9.47 Å². The zero-order valence-electron chi connectivity index (χ0n) is 10.8. The van der Waals surface area contributed by atoms with Crippen molar-refractivity contribution in [2.45, 2.75) is 18.9 Å². The summed E-state index contributed by atoms with van der Waals surface area (Å²) >= 11 is 0. The van der Waals surface area contributed by atoms with Gasteiger partial charge in [-0.1, -0.05) is 0 Å². The zero-order chi connectivity index (χ0) is 14.0. The van der Waals surface area contributed by atoms with Crippen LogP contribution in [0.1, 0.15) is 23.7 Å². The second-order valence-corrected chi connectivity index (χ2v) is 4.77. The fourth-order valence-electron chi connectivity index (χ4n) is 2.00. The van der Waals surface area contributed by atoms with Gasteiger partial charge in [-0.2, -0.15) is 0 Å². The Morgan fingerprint density at radius 2 is 2.16 bits per heavy atom. The molecule has 1 N–H and O–H groups in total. The summed E-state index contributed by atoms with van der Waals surface area (Å²) in [6.45, 7) is 2.87. The Morgan fingerprint density at radius 3 is 2.74 bits per heavy atom. The van der Waals surface area contributed by atoms with Gasteiger partial charge in [-0.25, -0.2) is 13.6 Å². The maximum atomic E-state index is 13.9. The van der Waals surface area contributed by atoms with E-state index < -0.39 is 28.7 Å². The van der Waals surface area contributed by atoms with Gasteiger partial charge < -0.3 is 14.8 Å². The van der Waals surface area contributed by atoms with Gasteiger partial charge in [0.2, 0.25) is 0 Å². The summed E-state index contributed by atoms with van der Waals surface area (Å²) in [6.07, 6.45) is 0.701. The SMILES string of the molecule is COC(=O)c1ccc(NC2(C)CCOC2)c(F)c1F. The van der Waals surface area contributed by atoms with Gasteiger partial charge in [-0.3, -0.25) is 0 Å². The van der Waals surface area contributed by atoms with E-state index in [2.05, 4.69) is 10.1 Å². The van der Waals surface area contributed by atoms with Crippen LogP contribution in [0.2, 0.25) is 0 Å². The van der Waals surface area contributed by atoms with Crippen molar-refractivity contribution in [1.29, 1.82) is 0 Å². The van der Waals surface area contributed by atoms with Gasteiger partial charge in [-0.15, -0.1) is 0 Å². The molecule has 0 radical (unpaired) electrons. The molecule has 1 aliphatic heterocycles. The lowest BCUT2D eigenvalue weighted by Crippen LogP contribution is -2.35. The van der Waals surface area contributed by atoms with Crippen molar-refractivity contribution in [1.82, 2.24) is 0 Å². The van der Waals surface area contributed by atoms with Crippen molar-refractivity contribution >= 4 is 11.7 Å². The van der Waals surface area contributed by atoms with Gasteiger partial charge in [0.05, 0.1) is 30.5 Å². The number of carbonyl (C=O) groups is 1. The minimum absolute atomic E-state index is 0.0122. The Hall–Kier alpha value is -1.69. The Balaban J connectivity index is 2.28. The largest absolute Gasteiger partial charge is 0.465 e. The first-order valence-corrected chi connectivity index (χ1v) is 5.89. The van der Waals surface area contributed by atoms with Gasteiger partial charge in [-0.05, 0) is 25.5 Å². The van der Waals surface area contributed by atoms with E-state index >= 15 is 0 Å². The van der Waals surface area contributed by atoms with Gasteiger partial charge in [0.15, 0.2) is 11.6 Å². The number of nitrogens with one attached hydrogen (secondary N) is 1. The second-order valence-electron chi connectivity index (χ2n) is 4.77. The highest BCUT2D eigenvalue weighted by Crippen LogP contribution is 2.28. The van der Waals surface area contributed by atoms with Gasteiger partial charge >= 0.3 is 5.97 Å². The van der Waals surface area contributed by atoms with Crippen LogP contribution in [0.15, 0.2) is 12.1 Å². The van der Waals surface area contributed by atoms with E-state index in [0.29, 0.717) is 19.6 Å². The minimum Gasteiger partial charge on any atom is -0.465 e. The number of esters is 1. The predicted octanol–water partition coefficient (Wildman–Crippen LogP) is 2.34. The van der Waals surface area contributed by atoms with Crippen LogP contribution in [0.3, 0.4) is 0 Å². The van der Waals surface area contributed by atoms with Crippen molar-refractivity contribution in [3.05, 3.63) is 29.3 Å². The molecule has 0 spiro atoms. The standard InChI is InChI=1S/C13H15F2NO3/c1-13(5-6-19-7-13)16-9-4-3-8(12(17)18-2)10(14)11(9)15/h3-4,16H,5-7H2,1-2H3. The summed E-state index contributed by atoms with van der Waals surface area (Å²) in [5.74, 6) is -3.20. The Kier molecular flexibility index (Phi) is 3.71. The number of ether oxygens (including phenoxy) is 2. The summed E-state index contributed by atoms with van der Waals surface area (Å²) in [7, 11) is 1.11. The number of methoxy groups -OCH3 is 1. The molecule has 6 heteroatoms. The van der Waals surface area contributed by atoms with Crippen LogP contribution in [0.4, 0.5) is 14.5 Å². The average molecular weight is 271 g/mol. The molecule has 1 fully saturated rings. The molecular formula is C13H15F2NO3. The third-order valence-electron chi connectivity index (χ3n) is 3.14. The normalized spacial score (nSPS) is 22.3. The third-order valence-corrected chi connectivity index (χ3v) is 3.14. The summed E-state index contributed by atoms with van der Waals surface area (Å²) in [6, 6.07) is 2.53.